The van der Waals surface area contributed by atoms with Crippen LogP contribution < -0.4 is 5.32 Å². The molecule has 3 rings (SSSR count). The van der Waals surface area contributed by atoms with Crippen molar-refractivity contribution in [1.29, 1.82) is 0 Å². The van der Waals surface area contributed by atoms with Gasteiger partial charge in [-0.25, -0.2) is 4.98 Å². The SMILES string of the molecule is Cc1nc2c(-c3ccccc3)cnn2c(NCCC(C)C)c1C. The van der Waals surface area contributed by atoms with Crippen LogP contribution in [-0.4, -0.2) is 21.1 Å². The standard InChI is InChI=1S/C19H24N4/c1-13(2)10-11-20-18-14(3)15(4)22-19-17(12-21-23(18)19)16-8-6-5-7-9-16/h5-9,12-13,20H,10-11H2,1-4H3. The summed E-state index contributed by atoms with van der Waals surface area (Å²) in [4.78, 5) is 4.78. The van der Waals surface area contributed by atoms with Crippen molar-refractivity contribution in [2.75, 3.05) is 11.9 Å². The lowest BCUT2D eigenvalue weighted by Crippen LogP contribution is -2.12. The molecular formula is C19H24N4. The van der Waals surface area contributed by atoms with E-state index in [1.54, 1.807) is 0 Å². The van der Waals surface area contributed by atoms with E-state index < -0.39 is 0 Å². The van der Waals surface area contributed by atoms with Crippen LogP contribution >= 0.6 is 0 Å². The molecule has 4 nitrogen and oxygen atoms in total. The molecule has 0 aliphatic rings. The van der Waals surface area contributed by atoms with Gasteiger partial charge < -0.3 is 5.32 Å². The molecule has 0 saturated carbocycles. The summed E-state index contributed by atoms with van der Waals surface area (Å²) in [6.07, 6.45) is 3.04. The van der Waals surface area contributed by atoms with Crippen molar-refractivity contribution in [1.82, 2.24) is 14.6 Å². The van der Waals surface area contributed by atoms with Crippen molar-refractivity contribution in [2.45, 2.75) is 34.1 Å². The summed E-state index contributed by atoms with van der Waals surface area (Å²) in [6, 6.07) is 10.3. The van der Waals surface area contributed by atoms with Gasteiger partial charge in [0.05, 0.1) is 6.20 Å². The average Bonchev–Trinajstić information content (AvgIpc) is 2.95. The fourth-order valence-electron chi connectivity index (χ4n) is 2.69. The first-order valence-electron chi connectivity index (χ1n) is 8.22. The van der Waals surface area contributed by atoms with Crippen LogP contribution in [0.4, 0.5) is 5.82 Å². The van der Waals surface area contributed by atoms with Crippen LogP contribution in [0.15, 0.2) is 36.5 Å². The highest BCUT2D eigenvalue weighted by Crippen LogP contribution is 2.27. The summed E-state index contributed by atoms with van der Waals surface area (Å²) in [7, 11) is 0. The third-order valence-electron chi connectivity index (χ3n) is 4.23. The van der Waals surface area contributed by atoms with E-state index in [9.17, 15) is 0 Å². The van der Waals surface area contributed by atoms with E-state index in [1.165, 1.54) is 0 Å². The van der Waals surface area contributed by atoms with Gasteiger partial charge in [-0.05, 0) is 31.7 Å². The minimum absolute atomic E-state index is 0.679. The highest BCUT2D eigenvalue weighted by molar-refractivity contribution is 5.78. The van der Waals surface area contributed by atoms with Gasteiger partial charge in [0.2, 0.25) is 0 Å². The first-order chi connectivity index (χ1) is 11.1. The maximum Gasteiger partial charge on any atom is 0.165 e. The molecule has 3 aromatic rings. The topological polar surface area (TPSA) is 42.2 Å². The predicted octanol–water partition coefficient (Wildman–Crippen LogP) is 4.47. The molecule has 2 heterocycles. The maximum atomic E-state index is 4.78. The third kappa shape index (κ3) is 3.07. The third-order valence-corrected chi connectivity index (χ3v) is 4.23. The zero-order valence-electron chi connectivity index (χ0n) is 14.3. The highest BCUT2D eigenvalue weighted by Gasteiger charge is 2.14. The largest absolute Gasteiger partial charge is 0.370 e. The van der Waals surface area contributed by atoms with Gasteiger partial charge in [0.1, 0.15) is 5.82 Å². The molecule has 0 aliphatic heterocycles. The van der Waals surface area contributed by atoms with Crippen molar-refractivity contribution >= 4 is 11.5 Å². The molecule has 0 radical (unpaired) electrons. The maximum absolute atomic E-state index is 4.78. The molecule has 0 unspecified atom stereocenters. The molecule has 0 saturated heterocycles. The lowest BCUT2D eigenvalue weighted by Gasteiger charge is -2.14. The molecule has 120 valence electrons. The second kappa shape index (κ2) is 6.41. The van der Waals surface area contributed by atoms with Gasteiger partial charge in [0.25, 0.3) is 0 Å². The molecule has 0 aliphatic carbocycles. The van der Waals surface area contributed by atoms with Crippen LogP contribution in [0.2, 0.25) is 0 Å². The smallest absolute Gasteiger partial charge is 0.165 e. The molecule has 4 heteroatoms. The van der Waals surface area contributed by atoms with Crippen molar-refractivity contribution in [3.8, 4) is 11.1 Å². The van der Waals surface area contributed by atoms with Crippen LogP contribution in [0.1, 0.15) is 31.5 Å². The Balaban J connectivity index is 2.06. The van der Waals surface area contributed by atoms with Crippen molar-refractivity contribution in [3.05, 3.63) is 47.8 Å². The first kappa shape index (κ1) is 15.5. The van der Waals surface area contributed by atoms with E-state index in [1.807, 2.05) is 28.9 Å². The van der Waals surface area contributed by atoms with Gasteiger partial charge in [0, 0.05) is 23.4 Å². The van der Waals surface area contributed by atoms with Crippen molar-refractivity contribution < 1.29 is 0 Å². The van der Waals surface area contributed by atoms with Gasteiger partial charge in [-0.3, -0.25) is 0 Å². The zero-order chi connectivity index (χ0) is 16.4. The van der Waals surface area contributed by atoms with Gasteiger partial charge in [-0.1, -0.05) is 44.2 Å². The molecule has 1 N–H and O–H groups in total. The van der Waals surface area contributed by atoms with Gasteiger partial charge in [0.15, 0.2) is 5.65 Å². The molecule has 0 spiro atoms. The Kier molecular flexibility index (Phi) is 4.33. The van der Waals surface area contributed by atoms with Crippen LogP contribution in [-0.2, 0) is 0 Å². The summed E-state index contributed by atoms with van der Waals surface area (Å²) >= 11 is 0. The van der Waals surface area contributed by atoms with Crippen molar-refractivity contribution in [3.63, 3.8) is 0 Å². The number of nitrogens with zero attached hydrogens (tertiary/aromatic N) is 3. The number of aryl methyl sites for hydroxylation is 1. The zero-order valence-corrected chi connectivity index (χ0v) is 14.3. The number of hydrogen-bond donors (Lipinski definition) is 1. The lowest BCUT2D eigenvalue weighted by molar-refractivity contribution is 0.605. The summed E-state index contributed by atoms with van der Waals surface area (Å²) < 4.78 is 1.94. The Labute approximate surface area is 137 Å². The molecule has 0 fully saturated rings. The van der Waals surface area contributed by atoms with E-state index in [4.69, 9.17) is 4.98 Å². The molecule has 0 bridgehead atoms. The van der Waals surface area contributed by atoms with Gasteiger partial charge >= 0.3 is 0 Å². The van der Waals surface area contributed by atoms with Crippen molar-refractivity contribution in [2.24, 2.45) is 5.92 Å². The second-order valence-electron chi connectivity index (χ2n) is 6.44. The Hall–Kier alpha value is -2.36. The number of benzene rings is 1. The summed E-state index contributed by atoms with van der Waals surface area (Å²) in [6.45, 7) is 9.58. The molecular weight excluding hydrogens is 284 g/mol. The molecule has 2 aromatic heterocycles. The Morgan fingerprint density at radius 1 is 1.13 bits per heavy atom. The van der Waals surface area contributed by atoms with E-state index in [-0.39, 0.29) is 0 Å². The van der Waals surface area contributed by atoms with Gasteiger partial charge in [-0.15, -0.1) is 0 Å². The number of nitrogens with one attached hydrogen (secondary N) is 1. The summed E-state index contributed by atoms with van der Waals surface area (Å²) in [5.41, 5.74) is 5.32. The van der Waals surface area contributed by atoms with Gasteiger partial charge in [-0.2, -0.15) is 9.61 Å². The number of hydrogen-bond acceptors (Lipinski definition) is 3. The lowest BCUT2D eigenvalue weighted by atomic mass is 10.1. The van der Waals surface area contributed by atoms with E-state index in [0.717, 1.165) is 46.8 Å². The average molecular weight is 308 g/mol. The summed E-state index contributed by atoms with van der Waals surface area (Å²) in [5.74, 6) is 1.73. The minimum atomic E-state index is 0.679. The predicted molar refractivity (Wildman–Crippen MR) is 95.8 cm³/mol. The monoisotopic (exact) mass is 308 g/mol. The van der Waals surface area contributed by atoms with Crippen LogP contribution in [0.5, 0.6) is 0 Å². The van der Waals surface area contributed by atoms with E-state index in [2.05, 4.69) is 50.2 Å². The number of anilines is 1. The Morgan fingerprint density at radius 3 is 2.57 bits per heavy atom. The summed E-state index contributed by atoms with van der Waals surface area (Å²) in [5, 5.41) is 8.14. The van der Waals surface area contributed by atoms with Crippen LogP contribution in [0, 0.1) is 19.8 Å². The number of fused-ring (bicyclic) bond motifs is 1. The molecule has 23 heavy (non-hydrogen) atoms. The molecule has 1 aromatic carbocycles. The second-order valence-corrected chi connectivity index (χ2v) is 6.44. The molecule has 0 atom stereocenters. The number of rotatable bonds is 5. The first-order valence-corrected chi connectivity index (χ1v) is 8.22. The van der Waals surface area contributed by atoms with E-state index >= 15 is 0 Å². The van der Waals surface area contributed by atoms with Crippen LogP contribution in [0.3, 0.4) is 0 Å². The Morgan fingerprint density at radius 2 is 1.87 bits per heavy atom. The van der Waals surface area contributed by atoms with E-state index in [0.29, 0.717) is 5.92 Å². The number of aromatic nitrogens is 3. The fraction of sp³-hybridized carbons (Fsp3) is 0.368. The minimum Gasteiger partial charge on any atom is -0.370 e. The fourth-order valence-corrected chi connectivity index (χ4v) is 2.69. The molecule has 0 amide bonds. The quantitative estimate of drug-likeness (QED) is 0.756. The Bertz CT molecular complexity index is 803. The highest BCUT2D eigenvalue weighted by atomic mass is 15.3. The normalized spacial score (nSPS) is 11.3. The van der Waals surface area contributed by atoms with Crippen LogP contribution in [0.25, 0.3) is 16.8 Å².